The number of hydroxylamine groups is 2. The van der Waals surface area contributed by atoms with E-state index in [0.717, 1.165) is 5.06 Å². The van der Waals surface area contributed by atoms with Crippen LogP contribution in [0.4, 0.5) is 13.2 Å². The van der Waals surface area contributed by atoms with Gasteiger partial charge >= 0.3 is 12.1 Å². The van der Waals surface area contributed by atoms with Crippen molar-refractivity contribution < 1.29 is 27.5 Å². The fourth-order valence-electron chi connectivity index (χ4n) is 1.44. The minimum Gasteiger partial charge on any atom is -0.377 e. The van der Waals surface area contributed by atoms with Crippen molar-refractivity contribution in [3.63, 3.8) is 0 Å². The molecule has 0 aromatic carbocycles. The second kappa shape index (κ2) is 2.83. The lowest BCUT2D eigenvalue weighted by Crippen LogP contribution is -2.71. The van der Waals surface area contributed by atoms with Gasteiger partial charge in [0.2, 0.25) is 0 Å². The largest absolute Gasteiger partial charge is 0.492 e. The van der Waals surface area contributed by atoms with Crippen LogP contribution in [-0.4, -0.2) is 42.5 Å². The van der Waals surface area contributed by atoms with E-state index >= 15 is 0 Å². The van der Waals surface area contributed by atoms with Crippen LogP contribution < -0.4 is 0 Å². The first-order chi connectivity index (χ1) is 6.44. The second-order valence-electron chi connectivity index (χ2n) is 3.45. The zero-order valence-corrected chi connectivity index (χ0v) is 7.13. The molecule has 0 aliphatic carbocycles. The average molecular weight is 211 g/mol. The van der Waals surface area contributed by atoms with Crippen LogP contribution in [0, 0.1) is 0 Å². The molecule has 2 aliphatic rings. The lowest BCUT2D eigenvalue weighted by molar-refractivity contribution is -0.332. The van der Waals surface area contributed by atoms with Crippen LogP contribution in [0.1, 0.15) is 6.42 Å². The Morgan fingerprint density at radius 1 is 1.43 bits per heavy atom. The summed E-state index contributed by atoms with van der Waals surface area (Å²) in [4.78, 5) is 14.7. The molecular formula is C7H8F3NO3. The van der Waals surface area contributed by atoms with Gasteiger partial charge in [0.15, 0.2) is 0 Å². The maximum atomic E-state index is 11.8. The third-order valence-electron chi connectivity index (χ3n) is 2.48. The van der Waals surface area contributed by atoms with E-state index in [-0.39, 0.29) is 0 Å². The third-order valence-corrected chi connectivity index (χ3v) is 2.48. The molecule has 7 heteroatoms. The highest BCUT2D eigenvalue weighted by Crippen LogP contribution is 2.38. The first kappa shape index (κ1) is 9.72. The van der Waals surface area contributed by atoms with Gasteiger partial charge in [0.25, 0.3) is 0 Å². The van der Waals surface area contributed by atoms with Crippen molar-refractivity contribution in [2.45, 2.75) is 18.1 Å². The molecule has 4 nitrogen and oxygen atoms in total. The normalized spacial score (nSPS) is 25.4. The van der Waals surface area contributed by atoms with Gasteiger partial charge in [0, 0.05) is 6.54 Å². The molecule has 2 saturated heterocycles. The minimum atomic E-state index is -4.93. The minimum absolute atomic E-state index is 0.331. The van der Waals surface area contributed by atoms with Crippen molar-refractivity contribution in [1.82, 2.24) is 5.06 Å². The standard InChI is InChI=1S/C7H8F3NO3/c8-7(9,10)5(12)14-11-2-1-6(11)3-13-4-6/h1-4H2. The van der Waals surface area contributed by atoms with E-state index in [9.17, 15) is 18.0 Å². The van der Waals surface area contributed by atoms with Crippen molar-refractivity contribution in [1.29, 1.82) is 0 Å². The van der Waals surface area contributed by atoms with Gasteiger partial charge in [-0.3, -0.25) is 0 Å². The Morgan fingerprint density at radius 3 is 2.36 bits per heavy atom. The Kier molecular flexibility index (Phi) is 1.97. The fraction of sp³-hybridized carbons (Fsp3) is 0.857. The number of nitrogens with zero attached hydrogens (tertiary/aromatic N) is 1. The molecule has 0 aromatic heterocycles. The Hall–Kier alpha value is -0.820. The molecule has 0 saturated carbocycles. The first-order valence-corrected chi connectivity index (χ1v) is 4.09. The molecule has 0 atom stereocenters. The summed E-state index contributed by atoms with van der Waals surface area (Å²) in [5, 5.41) is 1.06. The molecule has 80 valence electrons. The van der Waals surface area contributed by atoms with Gasteiger partial charge < -0.3 is 9.57 Å². The monoisotopic (exact) mass is 211 g/mol. The number of hydrogen-bond acceptors (Lipinski definition) is 4. The highest BCUT2D eigenvalue weighted by Gasteiger charge is 2.55. The van der Waals surface area contributed by atoms with Gasteiger partial charge in [-0.05, 0) is 6.42 Å². The van der Waals surface area contributed by atoms with Gasteiger partial charge in [0.05, 0.1) is 13.2 Å². The lowest BCUT2D eigenvalue weighted by Gasteiger charge is -2.55. The number of halogens is 3. The molecule has 0 amide bonds. The van der Waals surface area contributed by atoms with E-state index in [0.29, 0.717) is 26.2 Å². The van der Waals surface area contributed by atoms with Crippen molar-refractivity contribution in [2.75, 3.05) is 19.8 Å². The van der Waals surface area contributed by atoms with Crippen LogP contribution in [0.5, 0.6) is 0 Å². The first-order valence-electron chi connectivity index (χ1n) is 4.09. The molecule has 2 rings (SSSR count). The van der Waals surface area contributed by atoms with Crippen molar-refractivity contribution in [2.24, 2.45) is 0 Å². The Morgan fingerprint density at radius 2 is 2.07 bits per heavy atom. The highest BCUT2D eigenvalue weighted by atomic mass is 19.4. The smallest absolute Gasteiger partial charge is 0.377 e. The summed E-state index contributed by atoms with van der Waals surface area (Å²) >= 11 is 0. The van der Waals surface area contributed by atoms with Gasteiger partial charge in [-0.2, -0.15) is 13.2 Å². The summed E-state index contributed by atoms with van der Waals surface area (Å²) in [6, 6.07) is 0. The predicted octanol–water partition coefficient (Wildman–Crippen LogP) is 0.482. The van der Waals surface area contributed by atoms with E-state index in [4.69, 9.17) is 4.74 Å². The zero-order chi connectivity index (χ0) is 10.4. The van der Waals surface area contributed by atoms with Crippen molar-refractivity contribution in [3.8, 4) is 0 Å². The number of hydrogen-bond donors (Lipinski definition) is 0. The summed E-state index contributed by atoms with van der Waals surface area (Å²) < 4.78 is 40.3. The zero-order valence-electron chi connectivity index (χ0n) is 7.13. The van der Waals surface area contributed by atoms with Crippen LogP contribution >= 0.6 is 0 Å². The summed E-state index contributed by atoms with van der Waals surface area (Å²) in [6.45, 7) is 1.00. The molecule has 0 N–H and O–H groups in total. The third kappa shape index (κ3) is 1.36. The number of alkyl halides is 3. The predicted molar refractivity (Wildman–Crippen MR) is 37.0 cm³/mol. The van der Waals surface area contributed by atoms with Crippen LogP contribution in [-0.2, 0) is 14.4 Å². The van der Waals surface area contributed by atoms with Gasteiger partial charge in [-0.25, -0.2) is 4.79 Å². The highest BCUT2D eigenvalue weighted by molar-refractivity contribution is 5.75. The van der Waals surface area contributed by atoms with Crippen LogP contribution in [0.3, 0.4) is 0 Å². The van der Waals surface area contributed by atoms with Crippen molar-refractivity contribution >= 4 is 5.97 Å². The topological polar surface area (TPSA) is 38.8 Å². The summed E-state index contributed by atoms with van der Waals surface area (Å²) in [5.74, 6) is -2.16. The van der Waals surface area contributed by atoms with Crippen LogP contribution in [0.15, 0.2) is 0 Å². The molecular weight excluding hydrogens is 203 g/mol. The SMILES string of the molecule is O=C(ON1CCC12COC2)C(F)(F)F. The maximum Gasteiger partial charge on any atom is 0.492 e. The number of rotatable bonds is 1. The molecule has 2 aliphatic heterocycles. The van der Waals surface area contributed by atoms with Gasteiger partial charge in [-0.15, -0.1) is 5.06 Å². The maximum absolute atomic E-state index is 11.8. The number of carbonyl (C=O) groups is 1. The summed E-state index contributed by atoms with van der Waals surface area (Å²) in [7, 11) is 0. The van der Waals surface area contributed by atoms with E-state index in [1.807, 2.05) is 0 Å². The van der Waals surface area contributed by atoms with E-state index in [1.165, 1.54) is 0 Å². The molecule has 0 radical (unpaired) electrons. The summed E-state index contributed by atoms with van der Waals surface area (Å²) in [6.07, 6.45) is -4.22. The molecule has 2 fully saturated rings. The van der Waals surface area contributed by atoms with Crippen LogP contribution in [0.2, 0.25) is 0 Å². The lowest BCUT2D eigenvalue weighted by atomic mass is 9.85. The molecule has 0 aromatic rings. The molecule has 1 spiro atoms. The molecule has 0 unspecified atom stereocenters. The van der Waals surface area contributed by atoms with E-state index in [2.05, 4.69) is 4.84 Å². The molecule has 0 bridgehead atoms. The number of carbonyl (C=O) groups excluding carboxylic acids is 1. The second-order valence-corrected chi connectivity index (χ2v) is 3.45. The van der Waals surface area contributed by atoms with E-state index < -0.39 is 17.7 Å². The molecule has 14 heavy (non-hydrogen) atoms. The quantitative estimate of drug-likeness (QED) is 0.632. The fourth-order valence-corrected chi connectivity index (χ4v) is 1.44. The Bertz CT molecular complexity index is 256. The van der Waals surface area contributed by atoms with Gasteiger partial charge in [0.1, 0.15) is 5.54 Å². The Balaban J connectivity index is 1.90. The number of ether oxygens (including phenoxy) is 1. The average Bonchev–Trinajstić information content (AvgIpc) is 1.92. The Labute approximate surface area is 77.5 Å². The van der Waals surface area contributed by atoms with Gasteiger partial charge in [-0.1, -0.05) is 0 Å². The van der Waals surface area contributed by atoms with E-state index in [1.54, 1.807) is 0 Å². The van der Waals surface area contributed by atoms with Crippen molar-refractivity contribution in [3.05, 3.63) is 0 Å². The molecule has 2 heterocycles. The summed E-state index contributed by atoms with van der Waals surface area (Å²) in [5.41, 5.74) is -0.471. The van der Waals surface area contributed by atoms with Crippen LogP contribution in [0.25, 0.3) is 0 Å².